The topological polar surface area (TPSA) is 108 Å². The largest absolute Gasteiger partial charge is 0.479 e. The van der Waals surface area contributed by atoms with E-state index in [2.05, 4.69) is 20.3 Å². The fourth-order valence-electron chi connectivity index (χ4n) is 1.91. The summed E-state index contributed by atoms with van der Waals surface area (Å²) in [6.07, 6.45) is 1.99. The van der Waals surface area contributed by atoms with Crippen molar-refractivity contribution in [3.63, 3.8) is 0 Å². The zero-order chi connectivity index (χ0) is 14.5. The van der Waals surface area contributed by atoms with Crippen LogP contribution in [0.2, 0.25) is 0 Å². The van der Waals surface area contributed by atoms with Crippen molar-refractivity contribution in [2.24, 2.45) is 5.73 Å². The smallest absolute Gasteiger partial charge is 0.312 e. The van der Waals surface area contributed by atoms with Gasteiger partial charge in [0.05, 0.1) is 7.11 Å². The number of alkyl halides is 1. The summed E-state index contributed by atoms with van der Waals surface area (Å²) in [6, 6.07) is -0.569. The highest BCUT2D eigenvalue weighted by Crippen LogP contribution is 2.21. The average molecular weight is 299 g/mol. The second-order valence-corrected chi connectivity index (χ2v) is 4.34. The first-order valence-electron chi connectivity index (χ1n) is 6.00. The number of primary amides is 1. The van der Waals surface area contributed by atoms with E-state index >= 15 is 0 Å². The first kappa shape index (κ1) is 14.3. The van der Waals surface area contributed by atoms with E-state index in [0.29, 0.717) is 42.4 Å². The number of nitrogens with zero attached hydrogens (tertiary/aromatic N) is 4. The molecule has 0 saturated carbocycles. The number of aromatic nitrogens is 4. The van der Waals surface area contributed by atoms with Gasteiger partial charge < -0.3 is 20.4 Å². The number of urea groups is 1. The van der Waals surface area contributed by atoms with E-state index in [0.717, 1.165) is 5.82 Å². The molecule has 2 heterocycles. The third kappa shape index (κ3) is 2.90. The van der Waals surface area contributed by atoms with Gasteiger partial charge in [0, 0.05) is 25.4 Å². The molecule has 2 aromatic rings. The standard InChI is InChI=1S/C11H15ClN6O2/c1-20-10-8-9(15-6-16-10)18(5-4-14-11(13)19)7(17-8)2-3-12/h6H,2-5H2,1H3,(H3,13,14,19). The number of nitrogens with one attached hydrogen (secondary N) is 1. The number of amides is 2. The Hall–Kier alpha value is -2.09. The van der Waals surface area contributed by atoms with Gasteiger partial charge in [-0.1, -0.05) is 0 Å². The molecule has 0 bridgehead atoms. The molecule has 0 unspecified atom stereocenters. The second kappa shape index (κ2) is 6.38. The van der Waals surface area contributed by atoms with Crippen LogP contribution in [-0.4, -0.2) is 45.1 Å². The van der Waals surface area contributed by atoms with Crippen LogP contribution in [0, 0.1) is 0 Å². The number of aryl methyl sites for hydroxylation is 1. The zero-order valence-corrected chi connectivity index (χ0v) is 11.7. The van der Waals surface area contributed by atoms with Crippen LogP contribution in [0.25, 0.3) is 11.2 Å². The maximum Gasteiger partial charge on any atom is 0.312 e. The molecule has 9 heteroatoms. The van der Waals surface area contributed by atoms with Crippen LogP contribution in [0.3, 0.4) is 0 Å². The summed E-state index contributed by atoms with van der Waals surface area (Å²) in [7, 11) is 1.52. The van der Waals surface area contributed by atoms with E-state index in [9.17, 15) is 4.79 Å². The van der Waals surface area contributed by atoms with Gasteiger partial charge in [-0.05, 0) is 0 Å². The molecule has 2 rings (SSSR count). The first-order valence-corrected chi connectivity index (χ1v) is 6.54. The minimum absolute atomic E-state index is 0.377. The van der Waals surface area contributed by atoms with Crippen molar-refractivity contribution in [3.05, 3.63) is 12.2 Å². The quantitative estimate of drug-likeness (QED) is 0.745. The lowest BCUT2D eigenvalue weighted by molar-refractivity contribution is 0.248. The molecule has 0 fully saturated rings. The van der Waals surface area contributed by atoms with Crippen molar-refractivity contribution in [1.29, 1.82) is 0 Å². The summed E-state index contributed by atoms with van der Waals surface area (Å²) in [5.74, 6) is 1.61. The van der Waals surface area contributed by atoms with Crippen LogP contribution in [0.5, 0.6) is 5.88 Å². The highest BCUT2D eigenvalue weighted by Gasteiger charge is 2.15. The fraction of sp³-hybridized carbons (Fsp3) is 0.455. The molecule has 20 heavy (non-hydrogen) atoms. The number of nitrogens with two attached hydrogens (primary N) is 1. The molecule has 0 atom stereocenters. The molecule has 3 N–H and O–H groups in total. The number of hydrogen-bond donors (Lipinski definition) is 2. The summed E-state index contributed by atoms with van der Waals surface area (Å²) in [5, 5.41) is 2.53. The van der Waals surface area contributed by atoms with Crippen LogP contribution in [0.1, 0.15) is 5.82 Å². The van der Waals surface area contributed by atoms with Gasteiger partial charge in [0.25, 0.3) is 0 Å². The Balaban J connectivity index is 2.38. The van der Waals surface area contributed by atoms with Gasteiger partial charge in [-0.2, -0.15) is 4.98 Å². The number of imidazole rings is 1. The van der Waals surface area contributed by atoms with Gasteiger partial charge in [0.15, 0.2) is 11.2 Å². The lowest BCUT2D eigenvalue weighted by atomic mass is 10.4. The molecule has 0 radical (unpaired) electrons. The molecule has 0 aliphatic heterocycles. The molecular formula is C11H15ClN6O2. The fourth-order valence-corrected chi connectivity index (χ4v) is 2.08. The minimum atomic E-state index is -0.569. The molecule has 0 spiro atoms. The summed E-state index contributed by atoms with van der Waals surface area (Å²) in [4.78, 5) is 23.4. The average Bonchev–Trinajstić information content (AvgIpc) is 2.77. The van der Waals surface area contributed by atoms with E-state index in [1.54, 1.807) is 0 Å². The summed E-state index contributed by atoms with van der Waals surface area (Å²) in [6.45, 7) is 0.869. The van der Waals surface area contributed by atoms with E-state index in [4.69, 9.17) is 22.1 Å². The number of hydrogen-bond acceptors (Lipinski definition) is 5. The van der Waals surface area contributed by atoms with Crippen molar-refractivity contribution in [2.45, 2.75) is 13.0 Å². The number of carbonyl (C=O) groups excluding carboxylic acids is 1. The van der Waals surface area contributed by atoms with Crippen molar-refractivity contribution < 1.29 is 9.53 Å². The summed E-state index contributed by atoms with van der Waals surface area (Å²) < 4.78 is 7.04. The van der Waals surface area contributed by atoms with Gasteiger partial charge in [-0.25, -0.2) is 14.8 Å². The predicted octanol–water partition coefficient (Wildman–Crippen LogP) is 0.284. The number of carbonyl (C=O) groups is 1. The zero-order valence-electron chi connectivity index (χ0n) is 11.0. The number of halogens is 1. The molecule has 8 nitrogen and oxygen atoms in total. The first-order chi connectivity index (χ1) is 9.67. The van der Waals surface area contributed by atoms with Gasteiger partial charge in [0.1, 0.15) is 12.2 Å². The molecule has 108 valence electrons. The molecule has 0 saturated heterocycles. The molecule has 2 amide bonds. The Morgan fingerprint density at radius 1 is 1.55 bits per heavy atom. The number of ether oxygens (including phenoxy) is 1. The van der Waals surface area contributed by atoms with Crippen molar-refractivity contribution in [2.75, 3.05) is 19.5 Å². The van der Waals surface area contributed by atoms with E-state index in [-0.39, 0.29) is 0 Å². The molecule has 0 aromatic carbocycles. The molecule has 2 aromatic heterocycles. The Morgan fingerprint density at radius 2 is 2.35 bits per heavy atom. The third-order valence-electron chi connectivity index (χ3n) is 2.72. The van der Waals surface area contributed by atoms with Crippen LogP contribution in [0.4, 0.5) is 4.79 Å². The molecule has 0 aliphatic rings. The van der Waals surface area contributed by atoms with Gasteiger partial charge in [-0.15, -0.1) is 11.6 Å². The van der Waals surface area contributed by atoms with Gasteiger partial charge >= 0.3 is 6.03 Å². The second-order valence-electron chi connectivity index (χ2n) is 3.96. The van der Waals surface area contributed by atoms with Crippen molar-refractivity contribution >= 4 is 28.8 Å². The van der Waals surface area contributed by atoms with Crippen LogP contribution in [-0.2, 0) is 13.0 Å². The van der Waals surface area contributed by atoms with E-state index in [1.807, 2.05) is 4.57 Å². The van der Waals surface area contributed by atoms with Crippen LogP contribution >= 0.6 is 11.6 Å². The van der Waals surface area contributed by atoms with Crippen LogP contribution < -0.4 is 15.8 Å². The van der Waals surface area contributed by atoms with Crippen molar-refractivity contribution in [1.82, 2.24) is 24.8 Å². The Bertz CT molecular complexity index is 614. The monoisotopic (exact) mass is 298 g/mol. The Kier molecular flexibility index (Phi) is 4.57. The summed E-state index contributed by atoms with van der Waals surface area (Å²) >= 11 is 5.78. The Morgan fingerprint density at radius 3 is 3.00 bits per heavy atom. The lowest BCUT2D eigenvalue weighted by Crippen LogP contribution is -2.32. The molecule has 0 aliphatic carbocycles. The van der Waals surface area contributed by atoms with Gasteiger partial charge in [-0.3, -0.25) is 0 Å². The minimum Gasteiger partial charge on any atom is -0.479 e. The highest BCUT2D eigenvalue weighted by molar-refractivity contribution is 6.17. The maximum atomic E-state index is 10.7. The predicted molar refractivity (Wildman–Crippen MR) is 73.9 cm³/mol. The van der Waals surface area contributed by atoms with Crippen LogP contribution in [0.15, 0.2) is 6.33 Å². The number of rotatable bonds is 6. The third-order valence-corrected chi connectivity index (χ3v) is 2.91. The van der Waals surface area contributed by atoms with Gasteiger partial charge in [0.2, 0.25) is 5.88 Å². The molecular weight excluding hydrogens is 284 g/mol. The van der Waals surface area contributed by atoms with E-state index < -0.39 is 6.03 Å². The summed E-state index contributed by atoms with van der Waals surface area (Å²) in [5.41, 5.74) is 6.27. The van der Waals surface area contributed by atoms with E-state index in [1.165, 1.54) is 13.4 Å². The number of methoxy groups -OCH3 is 1. The maximum absolute atomic E-state index is 10.7. The highest BCUT2D eigenvalue weighted by atomic mass is 35.5. The number of fused-ring (bicyclic) bond motifs is 1. The Labute approximate surface area is 120 Å². The SMILES string of the molecule is COc1ncnc2c1nc(CCCl)n2CCNC(N)=O. The van der Waals surface area contributed by atoms with Crippen molar-refractivity contribution in [3.8, 4) is 5.88 Å². The lowest BCUT2D eigenvalue weighted by Gasteiger charge is -2.08. The normalized spacial score (nSPS) is 10.7.